The molecule has 1 aliphatic carbocycles. The fourth-order valence-corrected chi connectivity index (χ4v) is 5.09. The van der Waals surface area contributed by atoms with Gasteiger partial charge < -0.3 is 20.7 Å². The van der Waals surface area contributed by atoms with Crippen molar-refractivity contribution in [2.24, 2.45) is 14.1 Å². The number of rotatable bonds is 12. The van der Waals surface area contributed by atoms with Gasteiger partial charge in [-0.2, -0.15) is 15.2 Å². The van der Waals surface area contributed by atoms with Crippen molar-refractivity contribution in [3.05, 3.63) is 42.1 Å². The lowest BCUT2D eigenvalue weighted by atomic mass is 10.2. The Morgan fingerprint density at radius 2 is 1.95 bits per heavy atom. The zero-order valence-corrected chi connectivity index (χ0v) is 23.5. The molecule has 0 aromatic carbocycles. The van der Waals surface area contributed by atoms with Gasteiger partial charge in [-0.15, -0.1) is 0 Å². The van der Waals surface area contributed by atoms with Crippen LogP contribution < -0.4 is 16.0 Å². The van der Waals surface area contributed by atoms with Crippen LogP contribution in [0, 0.1) is 6.92 Å². The Balaban J connectivity index is 1.25. The average molecular weight is 548 g/mol. The number of pyridine rings is 1. The van der Waals surface area contributed by atoms with Crippen molar-refractivity contribution in [3.8, 4) is 0 Å². The first-order valence-electron chi connectivity index (χ1n) is 13.6. The van der Waals surface area contributed by atoms with E-state index < -0.39 is 0 Å². The molecule has 0 aliphatic heterocycles. The van der Waals surface area contributed by atoms with Gasteiger partial charge in [-0.25, -0.2) is 9.67 Å². The third-order valence-electron chi connectivity index (χ3n) is 7.25. The second-order valence-corrected chi connectivity index (χ2v) is 10.1. The zero-order chi connectivity index (χ0) is 28.1. The third-order valence-corrected chi connectivity index (χ3v) is 7.25. The summed E-state index contributed by atoms with van der Waals surface area (Å²) in [4.78, 5) is 29.0. The number of carbonyl (C=O) groups excluding carboxylic acids is 1. The van der Waals surface area contributed by atoms with Crippen LogP contribution in [0.25, 0.3) is 11.0 Å². The molecule has 1 amide bonds. The van der Waals surface area contributed by atoms with E-state index in [0.29, 0.717) is 47.9 Å². The first-order valence-corrected chi connectivity index (χ1v) is 13.6. The van der Waals surface area contributed by atoms with Crippen LogP contribution in [0.3, 0.4) is 0 Å². The molecular formula is C27H37N11O2. The Hall–Kier alpha value is -4.10. The molecule has 4 aromatic heterocycles. The number of hydrogen-bond acceptors (Lipinski definition) is 10. The molecule has 212 valence electrons. The molecule has 13 nitrogen and oxygen atoms in total. The van der Waals surface area contributed by atoms with Crippen LogP contribution >= 0.6 is 0 Å². The van der Waals surface area contributed by atoms with E-state index in [-0.39, 0.29) is 5.91 Å². The Kier molecular flexibility index (Phi) is 8.51. The van der Waals surface area contributed by atoms with E-state index >= 15 is 0 Å². The number of nitrogens with one attached hydrogen (secondary N) is 3. The summed E-state index contributed by atoms with van der Waals surface area (Å²) in [7, 11) is 5.40. The molecule has 1 saturated carbocycles. The van der Waals surface area contributed by atoms with Crippen molar-refractivity contribution in [1.29, 1.82) is 0 Å². The largest absolute Gasteiger partial charge is 0.383 e. The summed E-state index contributed by atoms with van der Waals surface area (Å²) < 4.78 is 8.68. The molecule has 13 heteroatoms. The maximum absolute atomic E-state index is 13.0. The van der Waals surface area contributed by atoms with E-state index in [0.717, 1.165) is 29.9 Å². The van der Waals surface area contributed by atoms with Gasteiger partial charge >= 0.3 is 0 Å². The summed E-state index contributed by atoms with van der Waals surface area (Å²) in [6.45, 7) is 4.81. The van der Waals surface area contributed by atoms with Gasteiger partial charge in [-0.1, -0.05) is 12.8 Å². The molecular weight excluding hydrogens is 510 g/mol. The highest BCUT2D eigenvalue weighted by atomic mass is 16.5. The lowest BCUT2D eigenvalue weighted by Crippen LogP contribution is -2.41. The smallest absolute Gasteiger partial charge is 0.252 e. The number of fused-ring (bicyclic) bond motifs is 1. The summed E-state index contributed by atoms with van der Waals surface area (Å²) in [5, 5.41) is 19.0. The lowest BCUT2D eigenvalue weighted by Gasteiger charge is -2.28. The molecule has 1 aliphatic rings. The van der Waals surface area contributed by atoms with Crippen molar-refractivity contribution in [2.75, 3.05) is 44.0 Å². The van der Waals surface area contributed by atoms with E-state index in [2.05, 4.69) is 46.0 Å². The number of anilines is 4. The number of amides is 1. The van der Waals surface area contributed by atoms with Gasteiger partial charge in [0, 0.05) is 65.5 Å². The van der Waals surface area contributed by atoms with Crippen molar-refractivity contribution < 1.29 is 9.53 Å². The van der Waals surface area contributed by atoms with Crippen LogP contribution in [-0.4, -0.2) is 84.7 Å². The molecule has 5 rings (SSSR count). The second kappa shape index (κ2) is 12.4. The predicted octanol–water partition coefficient (Wildman–Crippen LogP) is 2.91. The molecule has 4 aromatic rings. The van der Waals surface area contributed by atoms with Crippen LogP contribution in [0.2, 0.25) is 0 Å². The van der Waals surface area contributed by atoms with Crippen LogP contribution in [0.5, 0.6) is 0 Å². The molecule has 0 atom stereocenters. The maximum Gasteiger partial charge on any atom is 0.252 e. The van der Waals surface area contributed by atoms with Crippen LogP contribution in [0.15, 0.2) is 30.9 Å². The monoisotopic (exact) mass is 547 g/mol. The van der Waals surface area contributed by atoms with Gasteiger partial charge in [0.15, 0.2) is 11.5 Å². The number of carbonyl (C=O) groups is 1. The summed E-state index contributed by atoms with van der Waals surface area (Å²) in [6, 6.07) is 2.38. The highest BCUT2D eigenvalue weighted by molar-refractivity contribution is 5.96. The van der Waals surface area contributed by atoms with Crippen molar-refractivity contribution in [2.45, 2.75) is 38.6 Å². The molecule has 0 bridgehead atoms. The minimum Gasteiger partial charge on any atom is -0.383 e. The average Bonchev–Trinajstić information content (AvgIpc) is 3.69. The minimum atomic E-state index is -0.158. The first-order chi connectivity index (χ1) is 19.4. The van der Waals surface area contributed by atoms with Crippen molar-refractivity contribution in [3.63, 3.8) is 0 Å². The van der Waals surface area contributed by atoms with Gasteiger partial charge in [-0.05, 0) is 25.8 Å². The van der Waals surface area contributed by atoms with Gasteiger partial charge in [-0.3, -0.25) is 19.4 Å². The fourth-order valence-electron chi connectivity index (χ4n) is 5.09. The van der Waals surface area contributed by atoms with E-state index in [1.165, 1.54) is 25.7 Å². The summed E-state index contributed by atoms with van der Waals surface area (Å²) >= 11 is 0. The lowest BCUT2D eigenvalue weighted by molar-refractivity contribution is 0.0930. The third kappa shape index (κ3) is 6.37. The normalized spacial score (nSPS) is 13.8. The fraction of sp³-hybridized carbons (Fsp3) is 0.481. The molecule has 1 fully saturated rings. The van der Waals surface area contributed by atoms with Crippen LogP contribution in [0.1, 0.15) is 41.7 Å². The Morgan fingerprint density at radius 3 is 2.70 bits per heavy atom. The highest BCUT2D eigenvalue weighted by Crippen LogP contribution is 2.27. The van der Waals surface area contributed by atoms with Crippen LogP contribution in [-0.2, 0) is 18.8 Å². The van der Waals surface area contributed by atoms with E-state index in [9.17, 15) is 4.79 Å². The van der Waals surface area contributed by atoms with Crippen molar-refractivity contribution >= 4 is 40.1 Å². The quantitative estimate of drug-likeness (QED) is 0.242. The topological polar surface area (TPSA) is 140 Å². The molecule has 0 radical (unpaired) electrons. The standard InChI is InChI=1S/C27H37N11O2/c1-18-23(13-19(14-29-18)26(39)28-9-10-38(11-12-40-4)21-7-5-6-8-21)33-24-22-16-30-27(34-25(22)37(3)35-24)32-20-15-31-36(2)17-20/h13-17,21H,5-12H2,1-4H3,(H,28,39)(H,33,35)(H,30,32,34). The van der Waals surface area contributed by atoms with Crippen LogP contribution in [0.4, 0.5) is 23.1 Å². The highest BCUT2D eigenvalue weighted by Gasteiger charge is 2.22. The Labute approximate surface area is 233 Å². The number of aryl methyl sites for hydroxylation is 3. The predicted molar refractivity (Wildman–Crippen MR) is 153 cm³/mol. The second-order valence-electron chi connectivity index (χ2n) is 10.1. The van der Waals surface area contributed by atoms with Crippen molar-refractivity contribution in [1.82, 2.24) is 44.7 Å². The minimum absolute atomic E-state index is 0.158. The Bertz CT molecular complexity index is 1460. The van der Waals surface area contributed by atoms with Gasteiger partial charge in [0.05, 0.1) is 40.8 Å². The Morgan fingerprint density at radius 1 is 1.12 bits per heavy atom. The molecule has 0 unspecified atom stereocenters. The molecule has 0 spiro atoms. The van der Waals surface area contributed by atoms with E-state index in [4.69, 9.17) is 4.74 Å². The number of hydrogen-bond donors (Lipinski definition) is 3. The first kappa shape index (κ1) is 27.5. The molecule has 40 heavy (non-hydrogen) atoms. The summed E-state index contributed by atoms with van der Waals surface area (Å²) in [6.07, 6.45) is 11.8. The molecule has 3 N–H and O–H groups in total. The van der Waals surface area contributed by atoms with Gasteiger partial charge in [0.2, 0.25) is 5.95 Å². The van der Waals surface area contributed by atoms with Gasteiger partial charge in [0.25, 0.3) is 5.91 Å². The number of ether oxygens (including phenoxy) is 1. The molecule has 4 heterocycles. The van der Waals surface area contributed by atoms with Gasteiger partial charge in [0.1, 0.15) is 0 Å². The molecule has 0 saturated heterocycles. The number of methoxy groups -OCH3 is 1. The van der Waals surface area contributed by atoms with E-state index in [1.54, 1.807) is 41.1 Å². The van der Waals surface area contributed by atoms with E-state index in [1.807, 2.05) is 27.2 Å². The zero-order valence-electron chi connectivity index (χ0n) is 23.5. The summed E-state index contributed by atoms with van der Waals surface area (Å²) in [5.41, 5.74) is 3.37. The SMILES string of the molecule is COCCN(CCNC(=O)c1cnc(C)c(Nc2nn(C)c3nc(Nc4cnn(C)c4)ncc23)c1)C1CCCC1. The summed E-state index contributed by atoms with van der Waals surface area (Å²) in [5.74, 6) is 0.868. The number of aromatic nitrogens is 7. The number of nitrogens with zero attached hydrogens (tertiary/aromatic N) is 8. The maximum atomic E-state index is 13.0.